The Labute approximate surface area is 123 Å². The van der Waals surface area contributed by atoms with Gasteiger partial charge in [0.15, 0.2) is 0 Å². The molecule has 0 N–H and O–H groups in total. The van der Waals surface area contributed by atoms with Crippen molar-refractivity contribution >= 4 is 9.24 Å². The summed E-state index contributed by atoms with van der Waals surface area (Å²) in [6, 6.07) is 9.48. The molecule has 1 nitrogen and oxygen atoms in total. The second-order valence-electron chi connectivity index (χ2n) is 12.4. The van der Waals surface area contributed by atoms with E-state index < -0.39 is 6.51 Å². The van der Waals surface area contributed by atoms with Gasteiger partial charge in [-0.05, 0) is 0 Å². The van der Waals surface area contributed by atoms with Crippen LogP contribution in [-0.4, -0.2) is 11.2 Å². The van der Waals surface area contributed by atoms with E-state index in [2.05, 4.69) is 47.4 Å². The van der Waals surface area contributed by atoms with E-state index in [0.29, 0.717) is 0 Å². The molecule has 1 aromatic carbocycles. The summed E-state index contributed by atoms with van der Waals surface area (Å²) in [4.78, 5) is 7.88. The van der Waals surface area contributed by atoms with Crippen molar-refractivity contribution < 1.29 is 11.2 Å². The van der Waals surface area contributed by atoms with Crippen LogP contribution in [0.2, 0.25) is 37.5 Å². The molecule has 11 rings (SSSR count). The summed E-state index contributed by atoms with van der Waals surface area (Å²) in [5, 5.41) is 0. The van der Waals surface area contributed by atoms with E-state index >= 15 is 0 Å². The predicted molar refractivity (Wildman–Crippen MR) is 86.3 cm³/mol. The fourth-order valence-electron chi connectivity index (χ4n) is 21.4. The standard InChI is InChI=1S/C14H16OP.C5H5.Fe/c1-9-8-13(16)14(10(9)2)11-4-6-12(15-3)7-5-11;1-2-4-5-3-1;/h4-8H,16H2,1-3H3;1-5H;. The van der Waals surface area contributed by atoms with Crippen molar-refractivity contribution in [2.24, 2.45) is 0 Å². The third-order valence-electron chi connectivity index (χ3n) is 18.4. The Balaban J connectivity index is 1.48. The molecule has 10 aliphatic heterocycles. The topological polar surface area (TPSA) is 9.23 Å². The summed E-state index contributed by atoms with van der Waals surface area (Å²) >= 11 is 0. The van der Waals surface area contributed by atoms with Crippen molar-refractivity contribution in [3.63, 3.8) is 0 Å². The molecule has 0 bridgehead atoms. The summed E-state index contributed by atoms with van der Waals surface area (Å²) in [6.45, 7) is 2.22. The van der Waals surface area contributed by atoms with E-state index in [1.165, 1.54) is 28.9 Å². The van der Waals surface area contributed by atoms with Gasteiger partial charge in [-0.2, -0.15) is 0 Å². The van der Waals surface area contributed by atoms with Crippen molar-refractivity contribution in [2.45, 2.75) is 59.7 Å². The quantitative estimate of drug-likeness (QED) is 0.534. The summed E-state index contributed by atoms with van der Waals surface area (Å²) in [7, 11) is 5.41. The Morgan fingerprint density at radius 2 is 1.55 bits per heavy atom. The van der Waals surface area contributed by atoms with Gasteiger partial charge in [0, 0.05) is 0 Å². The fraction of sp³-hybridized carbons (Fsp3) is 0.684. The van der Waals surface area contributed by atoms with E-state index in [1.807, 2.05) is 0 Å². The Morgan fingerprint density at radius 1 is 1.00 bits per heavy atom. The van der Waals surface area contributed by atoms with E-state index in [1.54, 1.807) is 12.7 Å². The molecule has 6 atom stereocenters. The minimum absolute atomic E-state index is 0.722. The van der Waals surface area contributed by atoms with Gasteiger partial charge in [-0.25, -0.2) is 0 Å². The number of ether oxygens (including phenoxy) is 1. The van der Waals surface area contributed by atoms with Crippen LogP contribution < -0.4 is 4.74 Å². The molecule has 10 saturated heterocycles. The Morgan fingerprint density at radius 3 is 1.82 bits per heavy atom. The Kier molecular flexibility index (Phi) is 0.374. The first kappa shape index (κ1) is 9.45. The first-order chi connectivity index (χ1) is 10.3. The maximum atomic E-state index is 5.45. The molecule has 1 spiro atoms. The molecule has 0 saturated carbocycles. The van der Waals surface area contributed by atoms with Gasteiger partial charge in [-0.3, -0.25) is 0 Å². The first-order valence-corrected chi connectivity index (χ1v) is 15.5. The zero-order valence-electron chi connectivity index (χ0n) is 13.1. The normalized spacial score (nSPS) is 105. The Bertz CT molecular complexity index is 1340. The van der Waals surface area contributed by atoms with E-state index in [9.17, 15) is 0 Å². The number of fused-ring (bicyclic) bond motifs is 10. The van der Waals surface area contributed by atoms with Gasteiger partial charge in [0.05, 0.1) is 0 Å². The van der Waals surface area contributed by atoms with Crippen LogP contribution in [0.15, 0.2) is 24.3 Å². The van der Waals surface area contributed by atoms with Crippen LogP contribution >= 0.6 is 9.24 Å². The SMILES string of the molecule is COc1ccc([C]23[C]4(P)[CH]5[C]6(C)[C]2(C)[Fe]56432789[CH]3[CH]2[CH]7[CH]8[CH]39)cc1. The van der Waals surface area contributed by atoms with Gasteiger partial charge >= 0.3 is 123 Å². The van der Waals surface area contributed by atoms with Crippen molar-refractivity contribution in [2.75, 3.05) is 7.11 Å². The van der Waals surface area contributed by atoms with E-state index in [0.717, 1.165) is 22.7 Å². The number of rotatable bonds is 2. The fourth-order valence-corrected chi connectivity index (χ4v) is 113. The van der Waals surface area contributed by atoms with Gasteiger partial charge in [0.2, 0.25) is 0 Å². The number of hydrogen-bond acceptors (Lipinski definition) is 1. The average Bonchev–Trinajstić information content (AvgIpc) is 3.46. The average molecular weight is 352 g/mol. The molecule has 0 aromatic heterocycles. The number of benzene rings is 1. The monoisotopic (exact) mass is 352 g/mol. The molecule has 22 heavy (non-hydrogen) atoms. The molecule has 0 radical (unpaired) electrons. The van der Waals surface area contributed by atoms with Gasteiger partial charge in [0.1, 0.15) is 0 Å². The third kappa shape index (κ3) is 0.0964. The third-order valence-corrected chi connectivity index (χ3v) is 70.2. The first-order valence-electron chi connectivity index (χ1n) is 8.90. The summed E-state index contributed by atoms with van der Waals surface area (Å²) < 4.78 is 8.68. The molecule has 10 fully saturated rings. The Hall–Kier alpha value is -0.0305. The zero-order valence-corrected chi connectivity index (χ0v) is 15.4. The van der Waals surface area contributed by atoms with Gasteiger partial charge in [-0.15, -0.1) is 0 Å². The van der Waals surface area contributed by atoms with Crippen LogP contribution in [0.4, 0.5) is 0 Å². The molecular weight excluding hydrogens is 331 g/mol. The second-order valence-corrected chi connectivity index (χ2v) is 37.0. The van der Waals surface area contributed by atoms with Gasteiger partial charge in [0.25, 0.3) is 0 Å². The molecular formula is C19H21FeOP. The van der Waals surface area contributed by atoms with E-state index in [4.69, 9.17) is 4.74 Å². The molecule has 0 amide bonds. The molecule has 116 valence electrons. The molecule has 0 aliphatic carbocycles. The molecule has 10 aliphatic rings. The minimum atomic E-state index is -3.43. The predicted octanol–water partition coefficient (Wildman–Crippen LogP) is 5.05. The van der Waals surface area contributed by atoms with Crippen molar-refractivity contribution in [3.05, 3.63) is 29.8 Å². The molecule has 3 heteroatoms. The van der Waals surface area contributed by atoms with Crippen LogP contribution in [0, 0.1) is 0 Å². The summed E-state index contributed by atoms with van der Waals surface area (Å²) in [5.41, 5.74) is 1.77. The van der Waals surface area contributed by atoms with Crippen molar-refractivity contribution in [3.8, 4) is 5.75 Å². The van der Waals surface area contributed by atoms with Crippen molar-refractivity contribution in [1.29, 1.82) is 0 Å². The maximum absolute atomic E-state index is 5.45. The van der Waals surface area contributed by atoms with Crippen LogP contribution in [0.25, 0.3) is 0 Å². The zero-order chi connectivity index (χ0) is 14.5. The summed E-state index contributed by atoms with van der Waals surface area (Å²) in [5.74, 6) is 1.03. The van der Waals surface area contributed by atoms with Gasteiger partial charge in [-0.1, -0.05) is 0 Å². The molecule has 1 aromatic rings. The number of hydrogen-bond donors (Lipinski definition) is 0. The van der Waals surface area contributed by atoms with Crippen LogP contribution in [0.5, 0.6) is 5.75 Å². The van der Waals surface area contributed by atoms with E-state index in [-0.39, 0.29) is 0 Å². The van der Waals surface area contributed by atoms with Crippen LogP contribution in [0.3, 0.4) is 0 Å². The van der Waals surface area contributed by atoms with Gasteiger partial charge < -0.3 is 0 Å². The van der Waals surface area contributed by atoms with Crippen LogP contribution in [0.1, 0.15) is 19.4 Å². The number of methoxy groups -OCH3 is 1. The summed E-state index contributed by atoms with van der Waals surface area (Å²) in [6.07, 6.45) is 0. The molecule has 10 heterocycles. The molecule has 6 unspecified atom stereocenters. The van der Waals surface area contributed by atoms with Crippen molar-refractivity contribution in [1.82, 2.24) is 0 Å². The van der Waals surface area contributed by atoms with Crippen LogP contribution in [-0.2, 0) is 10.8 Å². The second kappa shape index (κ2) is 0.871.